The molecule has 2 heterocycles. The Bertz CT molecular complexity index is 2200. The number of hydrogen-bond donors (Lipinski definition) is 0. The van der Waals surface area contributed by atoms with Gasteiger partial charge in [0, 0.05) is 22.5 Å². The summed E-state index contributed by atoms with van der Waals surface area (Å²) in [5.41, 5.74) is 6.66. The molecule has 2 aromatic heterocycles. The van der Waals surface area contributed by atoms with Crippen LogP contribution in [0, 0.1) is 13.8 Å². The molecule has 0 saturated heterocycles. The van der Waals surface area contributed by atoms with Crippen molar-refractivity contribution in [1.82, 2.24) is 14.5 Å². The molecule has 184 valence electrons. The van der Waals surface area contributed by atoms with E-state index in [1.54, 1.807) is 0 Å². The standard InChI is InChI=1S/C36H25N3/c1-22-19-31-26-13-5-3-11-24(26)25-12-4-6-14-27(25)32(31)20-30(22)33-21-37-36(38-23(33)2)39-34-17-9-7-15-28(34)29-16-8-10-18-35(29)39/h3-21H,1-2H3. The Morgan fingerprint density at radius 1 is 0.487 bits per heavy atom. The van der Waals surface area contributed by atoms with Gasteiger partial charge in [0.15, 0.2) is 0 Å². The first-order valence-electron chi connectivity index (χ1n) is 13.4. The fourth-order valence-corrected chi connectivity index (χ4v) is 6.31. The minimum absolute atomic E-state index is 0.698. The van der Waals surface area contributed by atoms with Crippen LogP contribution in [0.1, 0.15) is 11.3 Å². The molecular weight excluding hydrogens is 474 g/mol. The third-order valence-corrected chi connectivity index (χ3v) is 8.13. The summed E-state index contributed by atoms with van der Waals surface area (Å²) < 4.78 is 2.17. The molecule has 39 heavy (non-hydrogen) atoms. The number of nitrogens with zero attached hydrogens (tertiary/aromatic N) is 3. The highest BCUT2D eigenvalue weighted by atomic mass is 15.2. The normalized spacial score (nSPS) is 11.8. The van der Waals surface area contributed by atoms with E-state index < -0.39 is 0 Å². The lowest BCUT2D eigenvalue weighted by Gasteiger charge is -2.15. The van der Waals surface area contributed by atoms with E-state index in [0.29, 0.717) is 5.95 Å². The minimum atomic E-state index is 0.698. The monoisotopic (exact) mass is 499 g/mol. The maximum absolute atomic E-state index is 5.08. The number of fused-ring (bicyclic) bond motifs is 9. The van der Waals surface area contributed by atoms with Crippen LogP contribution in [0.25, 0.3) is 71.2 Å². The van der Waals surface area contributed by atoms with Crippen LogP contribution in [0.4, 0.5) is 0 Å². The molecule has 0 aliphatic carbocycles. The van der Waals surface area contributed by atoms with Gasteiger partial charge in [0.25, 0.3) is 0 Å². The van der Waals surface area contributed by atoms with E-state index in [0.717, 1.165) is 22.3 Å². The number of benzene rings is 6. The quantitative estimate of drug-likeness (QED) is 0.222. The molecule has 0 amide bonds. The van der Waals surface area contributed by atoms with Crippen LogP contribution >= 0.6 is 0 Å². The summed E-state index contributed by atoms with van der Waals surface area (Å²) in [7, 11) is 0. The molecule has 0 atom stereocenters. The topological polar surface area (TPSA) is 30.7 Å². The molecule has 0 bridgehead atoms. The third-order valence-electron chi connectivity index (χ3n) is 8.13. The summed E-state index contributed by atoms with van der Waals surface area (Å²) in [6.07, 6.45) is 2.00. The number of rotatable bonds is 2. The molecule has 0 N–H and O–H groups in total. The van der Waals surface area contributed by atoms with Crippen molar-refractivity contribution in [2.24, 2.45) is 0 Å². The van der Waals surface area contributed by atoms with E-state index in [9.17, 15) is 0 Å². The smallest absolute Gasteiger partial charge is 0.234 e. The van der Waals surface area contributed by atoms with Gasteiger partial charge in [0.1, 0.15) is 0 Å². The lowest BCUT2D eigenvalue weighted by Crippen LogP contribution is -2.03. The van der Waals surface area contributed by atoms with Gasteiger partial charge in [-0.05, 0) is 75.5 Å². The molecule has 0 radical (unpaired) electrons. The average Bonchev–Trinajstić information content (AvgIpc) is 3.32. The van der Waals surface area contributed by atoms with Crippen LogP contribution in [-0.2, 0) is 0 Å². The van der Waals surface area contributed by atoms with E-state index in [4.69, 9.17) is 9.97 Å². The van der Waals surface area contributed by atoms with Crippen LogP contribution < -0.4 is 0 Å². The number of aryl methyl sites for hydroxylation is 2. The molecule has 0 unspecified atom stereocenters. The Labute approximate surface area is 226 Å². The van der Waals surface area contributed by atoms with Crippen molar-refractivity contribution in [2.75, 3.05) is 0 Å². The van der Waals surface area contributed by atoms with Crippen molar-refractivity contribution < 1.29 is 0 Å². The van der Waals surface area contributed by atoms with Gasteiger partial charge >= 0.3 is 0 Å². The van der Waals surface area contributed by atoms with Gasteiger partial charge < -0.3 is 0 Å². The lowest BCUT2D eigenvalue weighted by molar-refractivity contribution is 0.966. The van der Waals surface area contributed by atoms with E-state index in [1.165, 1.54) is 54.2 Å². The van der Waals surface area contributed by atoms with Gasteiger partial charge in [-0.15, -0.1) is 0 Å². The first-order chi connectivity index (χ1) is 19.2. The van der Waals surface area contributed by atoms with Crippen LogP contribution in [0.2, 0.25) is 0 Å². The first kappa shape index (κ1) is 22.0. The minimum Gasteiger partial charge on any atom is -0.278 e. The maximum atomic E-state index is 5.08. The molecule has 0 saturated carbocycles. The Balaban J connectivity index is 1.36. The average molecular weight is 500 g/mol. The molecular formula is C36H25N3. The molecule has 0 fully saturated rings. The molecule has 0 aliphatic heterocycles. The van der Waals surface area contributed by atoms with E-state index in [-0.39, 0.29) is 0 Å². The second-order valence-electron chi connectivity index (χ2n) is 10.3. The van der Waals surface area contributed by atoms with Crippen molar-refractivity contribution in [3.05, 3.63) is 127 Å². The van der Waals surface area contributed by atoms with Gasteiger partial charge in [-0.1, -0.05) is 91.0 Å². The molecule has 8 rings (SSSR count). The third kappa shape index (κ3) is 3.17. The van der Waals surface area contributed by atoms with Crippen LogP contribution in [0.3, 0.4) is 0 Å². The van der Waals surface area contributed by atoms with Crippen LogP contribution in [0.5, 0.6) is 0 Å². The van der Waals surface area contributed by atoms with Gasteiger partial charge in [-0.2, -0.15) is 0 Å². The fraction of sp³-hybridized carbons (Fsp3) is 0.0556. The van der Waals surface area contributed by atoms with Crippen molar-refractivity contribution in [1.29, 1.82) is 0 Å². The van der Waals surface area contributed by atoms with E-state index in [2.05, 4.69) is 128 Å². The number of aromatic nitrogens is 3. The van der Waals surface area contributed by atoms with Gasteiger partial charge in [0.05, 0.1) is 16.7 Å². The molecule has 0 spiro atoms. The Morgan fingerprint density at radius 3 is 1.49 bits per heavy atom. The predicted octanol–water partition coefficient (Wildman–Crippen LogP) is 9.32. The molecule has 6 aromatic carbocycles. The summed E-state index contributed by atoms with van der Waals surface area (Å²) >= 11 is 0. The van der Waals surface area contributed by atoms with E-state index in [1.807, 2.05) is 6.20 Å². The molecule has 3 nitrogen and oxygen atoms in total. The van der Waals surface area contributed by atoms with Crippen LogP contribution in [0.15, 0.2) is 115 Å². The highest BCUT2D eigenvalue weighted by Gasteiger charge is 2.17. The second-order valence-corrected chi connectivity index (χ2v) is 10.3. The lowest BCUT2D eigenvalue weighted by atomic mass is 9.90. The summed E-state index contributed by atoms with van der Waals surface area (Å²) in [4.78, 5) is 10.0. The Hall–Kier alpha value is -5.02. The predicted molar refractivity (Wildman–Crippen MR) is 164 cm³/mol. The van der Waals surface area contributed by atoms with Gasteiger partial charge in [-0.3, -0.25) is 4.57 Å². The van der Waals surface area contributed by atoms with Crippen LogP contribution in [-0.4, -0.2) is 14.5 Å². The molecule has 8 aromatic rings. The molecule has 0 aliphatic rings. The van der Waals surface area contributed by atoms with Gasteiger partial charge in [-0.25, -0.2) is 9.97 Å². The van der Waals surface area contributed by atoms with Gasteiger partial charge in [0.2, 0.25) is 5.95 Å². The zero-order valence-electron chi connectivity index (χ0n) is 21.8. The fourth-order valence-electron chi connectivity index (χ4n) is 6.31. The van der Waals surface area contributed by atoms with Crippen molar-refractivity contribution >= 4 is 54.1 Å². The van der Waals surface area contributed by atoms with E-state index >= 15 is 0 Å². The van der Waals surface area contributed by atoms with Crippen molar-refractivity contribution in [2.45, 2.75) is 13.8 Å². The first-order valence-corrected chi connectivity index (χ1v) is 13.4. The number of hydrogen-bond acceptors (Lipinski definition) is 2. The summed E-state index contributed by atoms with van der Waals surface area (Å²) in [5.74, 6) is 0.698. The Morgan fingerprint density at radius 2 is 0.949 bits per heavy atom. The number of para-hydroxylation sites is 2. The zero-order valence-corrected chi connectivity index (χ0v) is 21.8. The largest absolute Gasteiger partial charge is 0.278 e. The summed E-state index contributed by atoms with van der Waals surface area (Å²) in [6.45, 7) is 4.29. The SMILES string of the molecule is Cc1cc2c3ccccc3c3ccccc3c2cc1-c1cnc(-n2c3ccccc3c3ccccc32)nc1C. The summed E-state index contributed by atoms with van der Waals surface area (Å²) in [6, 6.07) is 39.1. The maximum Gasteiger partial charge on any atom is 0.234 e. The highest BCUT2D eigenvalue weighted by Crippen LogP contribution is 2.39. The second kappa shape index (κ2) is 8.24. The summed E-state index contributed by atoms with van der Waals surface area (Å²) in [5, 5.41) is 10.1. The highest BCUT2D eigenvalue weighted by molar-refractivity contribution is 6.26. The molecule has 3 heteroatoms. The Kier molecular flexibility index (Phi) is 4.65. The van der Waals surface area contributed by atoms with Crippen molar-refractivity contribution in [3.8, 4) is 17.1 Å². The zero-order chi connectivity index (χ0) is 26.1. The van der Waals surface area contributed by atoms with Crippen molar-refractivity contribution in [3.63, 3.8) is 0 Å².